The Bertz CT molecular complexity index is 444. The lowest BCUT2D eigenvalue weighted by Crippen LogP contribution is -2.40. The molecule has 0 atom stereocenters. The first-order valence-corrected chi connectivity index (χ1v) is 7.73. The Hall–Kier alpha value is -0.900. The van der Waals surface area contributed by atoms with E-state index in [9.17, 15) is 4.39 Å². The molecule has 1 fully saturated rings. The summed E-state index contributed by atoms with van der Waals surface area (Å²) in [7, 11) is 0. The van der Waals surface area contributed by atoms with Crippen molar-refractivity contribution in [2.24, 2.45) is 0 Å². The first-order valence-electron chi connectivity index (χ1n) is 6.74. The monoisotopic (exact) mass is 266 g/mol. The average molecular weight is 266 g/mol. The van der Waals surface area contributed by atoms with E-state index in [1.54, 1.807) is 17.8 Å². The van der Waals surface area contributed by atoms with Crippen molar-refractivity contribution in [1.82, 2.24) is 0 Å². The van der Waals surface area contributed by atoms with Crippen molar-refractivity contribution in [1.29, 1.82) is 0 Å². The van der Waals surface area contributed by atoms with Gasteiger partial charge in [0.25, 0.3) is 0 Å². The first-order chi connectivity index (χ1) is 8.75. The molecule has 3 rings (SSSR count). The van der Waals surface area contributed by atoms with Crippen molar-refractivity contribution in [3.63, 3.8) is 0 Å². The summed E-state index contributed by atoms with van der Waals surface area (Å²) < 4.78 is 13.5. The highest BCUT2D eigenvalue weighted by Gasteiger charge is 2.26. The van der Waals surface area contributed by atoms with Crippen molar-refractivity contribution in [2.45, 2.75) is 43.0 Å². The predicted molar refractivity (Wildman–Crippen MR) is 75.8 cm³/mol. The van der Waals surface area contributed by atoms with Gasteiger partial charge in [-0.25, -0.2) is 4.39 Å². The second-order valence-electron chi connectivity index (χ2n) is 5.18. The molecule has 1 saturated carbocycles. The number of halogens is 1. The van der Waals surface area contributed by atoms with Crippen molar-refractivity contribution in [3.05, 3.63) is 17.9 Å². The van der Waals surface area contributed by atoms with Gasteiger partial charge in [0.15, 0.2) is 0 Å². The Morgan fingerprint density at radius 2 is 2.00 bits per heavy atom. The number of nitrogens with two attached hydrogens (primary N) is 1. The lowest BCUT2D eigenvalue weighted by Gasteiger charge is -2.39. The largest absolute Gasteiger partial charge is 0.396 e. The highest BCUT2D eigenvalue weighted by Crippen LogP contribution is 2.40. The third kappa shape index (κ3) is 2.18. The van der Waals surface area contributed by atoms with Crippen LogP contribution in [0.2, 0.25) is 0 Å². The maximum atomic E-state index is 13.5. The molecule has 2 nitrogen and oxygen atoms in total. The maximum Gasteiger partial charge on any atom is 0.147 e. The summed E-state index contributed by atoms with van der Waals surface area (Å²) in [5, 5.41) is 0. The second kappa shape index (κ2) is 5.00. The molecule has 0 spiro atoms. The number of fused-ring (bicyclic) bond motifs is 1. The lowest BCUT2D eigenvalue weighted by atomic mass is 9.93. The predicted octanol–water partition coefficient (Wildman–Crippen LogP) is 3.65. The Kier molecular flexibility index (Phi) is 3.37. The molecule has 98 valence electrons. The van der Waals surface area contributed by atoms with E-state index in [-0.39, 0.29) is 11.5 Å². The fourth-order valence-corrected chi connectivity index (χ4v) is 4.06. The zero-order valence-corrected chi connectivity index (χ0v) is 11.3. The molecular weight excluding hydrogens is 247 g/mol. The van der Waals surface area contributed by atoms with Crippen LogP contribution in [0.25, 0.3) is 0 Å². The van der Waals surface area contributed by atoms with Crippen LogP contribution < -0.4 is 10.6 Å². The van der Waals surface area contributed by atoms with E-state index < -0.39 is 0 Å². The normalized spacial score (nSPS) is 20.8. The molecule has 1 aliphatic carbocycles. The van der Waals surface area contributed by atoms with Crippen LogP contribution in [0.5, 0.6) is 0 Å². The fourth-order valence-electron chi connectivity index (χ4n) is 3.05. The number of nitrogens with zero attached hydrogens (tertiary/aromatic N) is 1. The van der Waals surface area contributed by atoms with Crippen molar-refractivity contribution >= 4 is 23.1 Å². The van der Waals surface area contributed by atoms with Crippen molar-refractivity contribution < 1.29 is 4.39 Å². The molecule has 2 aliphatic rings. The SMILES string of the molecule is Nc1cc2c(cc1F)SCCN2C1CCCCC1. The summed E-state index contributed by atoms with van der Waals surface area (Å²) in [5.41, 5.74) is 7.15. The number of rotatable bonds is 1. The van der Waals surface area contributed by atoms with Crippen LogP contribution in [0.3, 0.4) is 0 Å². The summed E-state index contributed by atoms with van der Waals surface area (Å²) >= 11 is 1.74. The molecule has 2 N–H and O–H groups in total. The highest BCUT2D eigenvalue weighted by atomic mass is 32.2. The molecule has 0 unspecified atom stereocenters. The highest BCUT2D eigenvalue weighted by molar-refractivity contribution is 7.99. The van der Waals surface area contributed by atoms with Crippen LogP contribution in [0.1, 0.15) is 32.1 Å². The topological polar surface area (TPSA) is 29.3 Å². The van der Waals surface area contributed by atoms with Gasteiger partial charge in [0.2, 0.25) is 0 Å². The van der Waals surface area contributed by atoms with Crippen LogP contribution in [-0.4, -0.2) is 18.3 Å². The van der Waals surface area contributed by atoms with Gasteiger partial charge in [-0.1, -0.05) is 19.3 Å². The van der Waals surface area contributed by atoms with Crippen LogP contribution in [0.15, 0.2) is 17.0 Å². The van der Waals surface area contributed by atoms with Gasteiger partial charge in [-0.3, -0.25) is 0 Å². The summed E-state index contributed by atoms with van der Waals surface area (Å²) in [5.74, 6) is 0.763. The van der Waals surface area contributed by atoms with Gasteiger partial charge < -0.3 is 10.6 Å². The van der Waals surface area contributed by atoms with Crippen molar-refractivity contribution in [2.75, 3.05) is 22.9 Å². The molecule has 0 saturated heterocycles. The van der Waals surface area contributed by atoms with Gasteiger partial charge in [0.1, 0.15) is 5.82 Å². The molecule has 0 aromatic heterocycles. The summed E-state index contributed by atoms with van der Waals surface area (Å²) in [6.07, 6.45) is 6.53. The lowest BCUT2D eigenvalue weighted by molar-refractivity contribution is 0.416. The minimum atomic E-state index is -0.285. The molecule has 1 aromatic carbocycles. The van der Waals surface area contributed by atoms with E-state index in [4.69, 9.17) is 5.73 Å². The van der Waals surface area contributed by atoms with E-state index in [0.29, 0.717) is 6.04 Å². The molecule has 18 heavy (non-hydrogen) atoms. The van der Waals surface area contributed by atoms with E-state index in [2.05, 4.69) is 4.90 Å². The number of hydrogen-bond donors (Lipinski definition) is 1. The molecule has 1 aliphatic heterocycles. The maximum absolute atomic E-state index is 13.5. The number of hydrogen-bond acceptors (Lipinski definition) is 3. The third-order valence-electron chi connectivity index (χ3n) is 3.99. The molecule has 1 heterocycles. The van der Waals surface area contributed by atoms with Gasteiger partial charge in [-0.05, 0) is 25.0 Å². The summed E-state index contributed by atoms with van der Waals surface area (Å²) in [4.78, 5) is 3.51. The van der Waals surface area contributed by atoms with Gasteiger partial charge >= 0.3 is 0 Å². The van der Waals surface area contributed by atoms with Gasteiger partial charge in [0, 0.05) is 23.2 Å². The van der Waals surface area contributed by atoms with Gasteiger partial charge in [-0.2, -0.15) is 0 Å². The second-order valence-corrected chi connectivity index (χ2v) is 6.31. The zero-order valence-electron chi connectivity index (χ0n) is 10.5. The van der Waals surface area contributed by atoms with E-state index in [1.165, 1.54) is 32.1 Å². The quantitative estimate of drug-likeness (QED) is 0.787. The molecule has 1 aromatic rings. The van der Waals surface area contributed by atoms with Crippen molar-refractivity contribution in [3.8, 4) is 0 Å². The number of benzene rings is 1. The van der Waals surface area contributed by atoms with Crippen LogP contribution in [0.4, 0.5) is 15.8 Å². The fraction of sp³-hybridized carbons (Fsp3) is 0.571. The number of thioether (sulfide) groups is 1. The molecular formula is C14H19FN2S. The average Bonchev–Trinajstić information content (AvgIpc) is 2.40. The van der Waals surface area contributed by atoms with Gasteiger partial charge in [-0.15, -0.1) is 11.8 Å². The van der Waals surface area contributed by atoms with Gasteiger partial charge in [0.05, 0.1) is 11.4 Å². The Morgan fingerprint density at radius 1 is 1.22 bits per heavy atom. The Labute approximate surface area is 112 Å². The summed E-state index contributed by atoms with van der Waals surface area (Å²) in [6, 6.07) is 4.05. The Balaban J connectivity index is 1.92. The minimum absolute atomic E-state index is 0.275. The van der Waals surface area contributed by atoms with Crippen LogP contribution in [0, 0.1) is 5.82 Å². The Morgan fingerprint density at radius 3 is 2.78 bits per heavy atom. The summed E-state index contributed by atoms with van der Waals surface area (Å²) in [6.45, 7) is 1.06. The molecule has 0 bridgehead atoms. The van der Waals surface area contributed by atoms with E-state index >= 15 is 0 Å². The number of anilines is 2. The number of nitrogen functional groups attached to an aromatic ring is 1. The smallest absolute Gasteiger partial charge is 0.147 e. The minimum Gasteiger partial charge on any atom is -0.396 e. The van der Waals surface area contributed by atoms with Crippen LogP contribution in [-0.2, 0) is 0 Å². The molecule has 0 amide bonds. The zero-order chi connectivity index (χ0) is 12.5. The third-order valence-corrected chi connectivity index (χ3v) is 5.02. The molecule has 0 radical (unpaired) electrons. The van der Waals surface area contributed by atoms with E-state index in [1.807, 2.05) is 6.07 Å². The van der Waals surface area contributed by atoms with Crippen LogP contribution >= 0.6 is 11.8 Å². The standard InChI is InChI=1S/C14H19FN2S/c15-11-8-14-13(9-12(11)16)17(6-7-18-14)10-4-2-1-3-5-10/h8-10H,1-7,16H2. The first kappa shape index (κ1) is 12.2. The van der Waals surface area contributed by atoms with E-state index in [0.717, 1.165) is 22.9 Å². The molecule has 4 heteroatoms.